The summed E-state index contributed by atoms with van der Waals surface area (Å²) in [6.07, 6.45) is 4.03. The summed E-state index contributed by atoms with van der Waals surface area (Å²) in [6.45, 7) is 1.34. The first-order chi connectivity index (χ1) is 9.40. The van der Waals surface area contributed by atoms with Crippen molar-refractivity contribution < 1.29 is 24.5 Å². The molecule has 20 heavy (non-hydrogen) atoms. The molecule has 0 heterocycles. The Morgan fingerprint density at radius 2 is 2.10 bits per heavy atom. The number of ether oxygens (including phenoxy) is 1. The number of nitrogens with one attached hydrogen (secondary N) is 1. The maximum absolute atomic E-state index is 12.0. The van der Waals surface area contributed by atoms with Crippen molar-refractivity contribution in [1.82, 2.24) is 5.32 Å². The van der Waals surface area contributed by atoms with Gasteiger partial charge in [0, 0.05) is 5.56 Å². The van der Waals surface area contributed by atoms with Gasteiger partial charge < -0.3 is 20.3 Å². The number of methoxy groups -OCH3 is 1. The fourth-order valence-electron chi connectivity index (χ4n) is 1.54. The van der Waals surface area contributed by atoms with E-state index in [9.17, 15) is 19.8 Å². The summed E-state index contributed by atoms with van der Waals surface area (Å²) < 4.78 is 4.47. The fourth-order valence-corrected chi connectivity index (χ4v) is 1.54. The van der Waals surface area contributed by atoms with Crippen LogP contribution in [-0.2, 0) is 9.53 Å². The lowest BCUT2D eigenvalue weighted by molar-refractivity contribution is -0.145. The Kier molecular flexibility index (Phi) is 5.12. The van der Waals surface area contributed by atoms with Crippen LogP contribution in [0.25, 0.3) is 0 Å². The molecule has 1 aromatic rings. The van der Waals surface area contributed by atoms with Crippen molar-refractivity contribution in [3.8, 4) is 18.1 Å². The molecule has 0 spiro atoms. The number of hydrogen-bond donors (Lipinski definition) is 3. The van der Waals surface area contributed by atoms with E-state index in [1.807, 2.05) is 0 Å². The molecule has 0 fully saturated rings. The smallest absolute Gasteiger partial charge is 0.331 e. The topological polar surface area (TPSA) is 95.9 Å². The summed E-state index contributed by atoms with van der Waals surface area (Å²) in [7, 11) is 1.14. The maximum atomic E-state index is 12.0. The van der Waals surface area contributed by atoms with Gasteiger partial charge in [-0.25, -0.2) is 4.79 Å². The van der Waals surface area contributed by atoms with E-state index >= 15 is 0 Å². The van der Waals surface area contributed by atoms with Gasteiger partial charge in [0.25, 0.3) is 5.91 Å². The molecule has 1 amide bonds. The molecule has 0 aliphatic rings. The molecule has 0 saturated carbocycles. The molecule has 0 bridgehead atoms. The number of aromatic hydroxyl groups is 1. The number of aliphatic hydroxyl groups is 1. The molecular weight excluding hydrogens is 262 g/mol. The second-order valence-corrected chi connectivity index (χ2v) is 4.09. The average Bonchev–Trinajstić information content (AvgIpc) is 2.43. The van der Waals surface area contributed by atoms with Crippen LogP contribution in [0.1, 0.15) is 22.8 Å². The number of carbonyl (C=O) groups excluding carboxylic acids is 2. The van der Waals surface area contributed by atoms with Gasteiger partial charge in [-0.3, -0.25) is 4.79 Å². The minimum Gasteiger partial charge on any atom is -0.507 e. The average molecular weight is 277 g/mol. The number of carbonyl (C=O) groups is 2. The van der Waals surface area contributed by atoms with E-state index in [1.54, 1.807) is 0 Å². The maximum Gasteiger partial charge on any atom is 0.331 e. The predicted octanol–water partition coefficient (Wildman–Crippen LogP) is 0.0257. The summed E-state index contributed by atoms with van der Waals surface area (Å²) in [5.74, 6) is 0.497. The highest BCUT2D eigenvalue weighted by molar-refractivity contribution is 5.99. The molecule has 1 aromatic carbocycles. The number of rotatable bonds is 4. The normalized spacial score (nSPS) is 12.9. The van der Waals surface area contributed by atoms with Crippen LogP contribution in [0.3, 0.4) is 0 Å². The van der Waals surface area contributed by atoms with E-state index in [-0.39, 0.29) is 11.3 Å². The molecule has 0 aliphatic heterocycles. The van der Waals surface area contributed by atoms with Crippen molar-refractivity contribution in [2.24, 2.45) is 0 Å². The van der Waals surface area contributed by atoms with Gasteiger partial charge in [-0.05, 0) is 25.1 Å². The zero-order chi connectivity index (χ0) is 15.3. The minimum atomic E-state index is -1.22. The Morgan fingerprint density at radius 3 is 2.55 bits per heavy atom. The largest absolute Gasteiger partial charge is 0.507 e. The van der Waals surface area contributed by atoms with Crippen molar-refractivity contribution in [2.75, 3.05) is 7.11 Å². The van der Waals surface area contributed by atoms with Gasteiger partial charge >= 0.3 is 5.97 Å². The van der Waals surface area contributed by atoms with Crippen LogP contribution in [0.2, 0.25) is 0 Å². The predicted molar refractivity (Wildman–Crippen MR) is 71.0 cm³/mol. The zero-order valence-corrected chi connectivity index (χ0v) is 11.1. The van der Waals surface area contributed by atoms with Crippen molar-refractivity contribution in [3.05, 3.63) is 29.3 Å². The quantitative estimate of drug-likeness (QED) is 0.533. The first kappa shape index (κ1) is 15.5. The molecule has 0 unspecified atom stereocenters. The summed E-state index contributed by atoms with van der Waals surface area (Å²) >= 11 is 0. The minimum absolute atomic E-state index is 0.0569. The first-order valence-corrected chi connectivity index (χ1v) is 5.77. The van der Waals surface area contributed by atoms with Crippen LogP contribution >= 0.6 is 0 Å². The second kappa shape index (κ2) is 6.59. The highest BCUT2D eigenvalue weighted by atomic mass is 16.5. The third-order valence-corrected chi connectivity index (χ3v) is 2.63. The van der Waals surface area contributed by atoms with Gasteiger partial charge in [-0.15, -0.1) is 6.42 Å². The van der Waals surface area contributed by atoms with E-state index in [0.717, 1.165) is 7.11 Å². The highest BCUT2D eigenvalue weighted by Gasteiger charge is 2.27. The van der Waals surface area contributed by atoms with Gasteiger partial charge in [0.1, 0.15) is 5.75 Å². The van der Waals surface area contributed by atoms with E-state index in [0.29, 0.717) is 5.56 Å². The summed E-state index contributed by atoms with van der Waals surface area (Å²) in [4.78, 5) is 23.4. The molecular formula is C14H15NO5. The highest BCUT2D eigenvalue weighted by Crippen LogP contribution is 2.18. The van der Waals surface area contributed by atoms with E-state index in [1.165, 1.54) is 25.1 Å². The number of phenolic OH excluding ortho intramolecular Hbond substituents is 1. The number of esters is 1. The Bertz CT molecular complexity index is 559. The second-order valence-electron chi connectivity index (χ2n) is 4.09. The third-order valence-electron chi connectivity index (χ3n) is 2.63. The molecule has 106 valence electrons. The lowest BCUT2D eigenvalue weighted by Gasteiger charge is -2.19. The van der Waals surface area contributed by atoms with E-state index in [4.69, 9.17) is 6.42 Å². The zero-order valence-electron chi connectivity index (χ0n) is 11.1. The summed E-state index contributed by atoms with van der Waals surface area (Å²) in [5.41, 5.74) is 0.359. The van der Waals surface area contributed by atoms with Gasteiger partial charge in [0.15, 0.2) is 6.04 Å². The van der Waals surface area contributed by atoms with Crippen LogP contribution in [0.15, 0.2) is 18.2 Å². The lowest BCUT2D eigenvalue weighted by Crippen LogP contribution is -2.48. The third kappa shape index (κ3) is 3.49. The fraction of sp³-hybridized carbons (Fsp3) is 0.286. The lowest BCUT2D eigenvalue weighted by atomic mass is 10.1. The van der Waals surface area contributed by atoms with Crippen LogP contribution in [0.5, 0.6) is 5.75 Å². The van der Waals surface area contributed by atoms with Crippen LogP contribution in [0, 0.1) is 12.3 Å². The molecule has 0 radical (unpaired) electrons. The van der Waals surface area contributed by atoms with E-state index in [2.05, 4.69) is 16.0 Å². The van der Waals surface area contributed by atoms with Crippen molar-refractivity contribution in [3.63, 3.8) is 0 Å². The van der Waals surface area contributed by atoms with Gasteiger partial charge in [0.05, 0.1) is 18.8 Å². The number of phenols is 1. The number of terminal acetylenes is 1. The molecule has 1 rings (SSSR count). The van der Waals surface area contributed by atoms with Crippen molar-refractivity contribution >= 4 is 11.9 Å². The molecule has 0 aliphatic carbocycles. The van der Waals surface area contributed by atoms with Crippen molar-refractivity contribution in [2.45, 2.75) is 19.1 Å². The molecule has 6 nitrogen and oxygen atoms in total. The first-order valence-electron chi connectivity index (χ1n) is 5.77. The van der Waals surface area contributed by atoms with E-state index < -0.39 is 24.0 Å². The molecule has 0 aromatic heterocycles. The number of amides is 1. The van der Waals surface area contributed by atoms with Crippen LogP contribution in [-0.4, -0.2) is 41.3 Å². The number of benzene rings is 1. The number of hydrogen-bond acceptors (Lipinski definition) is 5. The standard InChI is InChI=1S/C14H15NO5/c1-4-9-5-6-10(11(17)7-9)13(18)15-12(8(2)16)14(19)20-3/h1,5-8,12,16-17H,2-3H3,(H,15,18)/t8-,12+/m1/s1. The SMILES string of the molecule is C#Cc1ccc(C(=O)N[C@H](C(=O)OC)[C@@H](C)O)c(O)c1. The molecule has 3 N–H and O–H groups in total. The van der Waals surface area contributed by atoms with Gasteiger partial charge in [-0.2, -0.15) is 0 Å². The van der Waals surface area contributed by atoms with Crippen LogP contribution < -0.4 is 5.32 Å². The van der Waals surface area contributed by atoms with Gasteiger partial charge in [-0.1, -0.05) is 5.92 Å². The number of aliphatic hydroxyl groups excluding tert-OH is 1. The van der Waals surface area contributed by atoms with Crippen molar-refractivity contribution in [1.29, 1.82) is 0 Å². The molecule has 2 atom stereocenters. The molecule has 0 saturated heterocycles. The summed E-state index contributed by atoms with van der Waals surface area (Å²) in [5, 5.41) is 21.4. The Balaban J connectivity index is 2.95. The van der Waals surface area contributed by atoms with Gasteiger partial charge in [0.2, 0.25) is 0 Å². The Hall–Kier alpha value is -2.52. The Labute approximate surface area is 116 Å². The molecule has 6 heteroatoms. The summed E-state index contributed by atoms with van der Waals surface area (Å²) in [6, 6.07) is 2.84. The Morgan fingerprint density at radius 1 is 1.45 bits per heavy atom. The monoisotopic (exact) mass is 277 g/mol. The van der Waals surface area contributed by atoms with Crippen LogP contribution in [0.4, 0.5) is 0 Å².